The molecule has 6 heteroatoms. The van der Waals surface area contributed by atoms with Crippen molar-refractivity contribution >= 4 is 23.5 Å². The summed E-state index contributed by atoms with van der Waals surface area (Å²) in [5, 5.41) is 12.3. The second-order valence-corrected chi connectivity index (χ2v) is 6.86. The molecule has 0 fully saturated rings. The number of nitrogens with one attached hydrogen (secondary N) is 1. The van der Waals surface area contributed by atoms with E-state index in [1.54, 1.807) is 36.4 Å². The number of rotatable bonds is 8. The van der Waals surface area contributed by atoms with Crippen molar-refractivity contribution in [1.82, 2.24) is 0 Å². The second-order valence-electron chi connectivity index (χ2n) is 6.86. The highest BCUT2D eigenvalue weighted by Gasteiger charge is 2.09. The summed E-state index contributed by atoms with van der Waals surface area (Å²) in [6, 6.07) is 18.8. The number of aryl methyl sites for hydroxylation is 1. The Balaban J connectivity index is 1.62. The predicted octanol–water partition coefficient (Wildman–Crippen LogP) is 4.62. The van der Waals surface area contributed by atoms with E-state index in [4.69, 9.17) is 9.47 Å². The number of phenols is 1. The minimum Gasteiger partial charge on any atom is -0.508 e. The van der Waals surface area contributed by atoms with Crippen LogP contribution in [-0.2, 0) is 4.79 Å². The van der Waals surface area contributed by atoms with Gasteiger partial charge in [0.25, 0.3) is 5.91 Å². The first kappa shape index (κ1) is 21.6. The lowest BCUT2D eigenvalue weighted by atomic mass is 10.1. The van der Waals surface area contributed by atoms with Gasteiger partial charge in [-0.25, -0.2) is 0 Å². The van der Waals surface area contributed by atoms with Gasteiger partial charge in [-0.1, -0.05) is 42.0 Å². The molecule has 3 rings (SSSR count). The van der Waals surface area contributed by atoms with E-state index in [9.17, 15) is 14.7 Å². The first-order valence-corrected chi connectivity index (χ1v) is 9.63. The number of hydrogen-bond donors (Lipinski definition) is 2. The smallest absolute Gasteiger partial charge is 0.262 e. The number of ketones is 1. The summed E-state index contributed by atoms with van der Waals surface area (Å²) in [4.78, 5) is 24.4. The maximum atomic E-state index is 12.2. The van der Waals surface area contributed by atoms with Crippen molar-refractivity contribution in [3.05, 3.63) is 89.5 Å². The van der Waals surface area contributed by atoms with E-state index in [1.807, 2.05) is 31.2 Å². The number of carbonyl (C=O) groups excluding carboxylic acids is 2. The van der Waals surface area contributed by atoms with E-state index in [2.05, 4.69) is 5.32 Å². The van der Waals surface area contributed by atoms with Gasteiger partial charge in [0.15, 0.2) is 23.9 Å². The molecule has 0 aliphatic heterocycles. The van der Waals surface area contributed by atoms with Gasteiger partial charge >= 0.3 is 0 Å². The van der Waals surface area contributed by atoms with Gasteiger partial charge in [-0.3, -0.25) is 9.59 Å². The molecule has 158 valence electrons. The summed E-state index contributed by atoms with van der Waals surface area (Å²) < 4.78 is 10.9. The zero-order chi connectivity index (χ0) is 22.2. The molecule has 0 radical (unpaired) electrons. The Labute approximate surface area is 180 Å². The van der Waals surface area contributed by atoms with Crippen LogP contribution in [0.5, 0.6) is 17.2 Å². The SMILES string of the molecule is COc1cc(/C=C/C(=O)c2cccc(O)c2)ccc1OCC(=O)Nc1ccc(C)cc1. The third-order valence-electron chi connectivity index (χ3n) is 4.44. The Morgan fingerprint density at radius 2 is 1.77 bits per heavy atom. The Hall–Kier alpha value is -4.06. The minimum atomic E-state index is -0.286. The quantitative estimate of drug-likeness (QED) is 0.413. The Morgan fingerprint density at radius 1 is 1.00 bits per heavy atom. The van der Waals surface area contributed by atoms with Crippen LogP contribution in [0, 0.1) is 6.92 Å². The molecule has 0 unspecified atom stereocenters. The van der Waals surface area contributed by atoms with Crippen LogP contribution >= 0.6 is 0 Å². The van der Waals surface area contributed by atoms with Crippen molar-refractivity contribution in [3.63, 3.8) is 0 Å². The van der Waals surface area contributed by atoms with Gasteiger partial charge in [-0.05, 0) is 55.0 Å². The Kier molecular flexibility index (Phi) is 7.06. The number of benzene rings is 3. The van der Waals surface area contributed by atoms with E-state index in [0.717, 1.165) is 11.1 Å². The first-order chi connectivity index (χ1) is 14.9. The number of anilines is 1. The summed E-state index contributed by atoms with van der Waals surface area (Å²) >= 11 is 0. The molecule has 0 aromatic heterocycles. The van der Waals surface area contributed by atoms with Crippen molar-refractivity contribution in [2.24, 2.45) is 0 Å². The average Bonchev–Trinajstić information content (AvgIpc) is 2.77. The van der Waals surface area contributed by atoms with Crippen LogP contribution in [0.4, 0.5) is 5.69 Å². The zero-order valence-corrected chi connectivity index (χ0v) is 17.3. The molecule has 3 aromatic carbocycles. The van der Waals surface area contributed by atoms with Gasteiger partial charge in [-0.15, -0.1) is 0 Å². The predicted molar refractivity (Wildman–Crippen MR) is 120 cm³/mol. The fraction of sp³-hybridized carbons (Fsp3) is 0.120. The second kappa shape index (κ2) is 10.1. The third kappa shape index (κ3) is 6.21. The number of ether oxygens (including phenoxy) is 2. The monoisotopic (exact) mass is 417 g/mol. The maximum Gasteiger partial charge on any atom is 0.262 e. The number of aromatic hydroxyl groups is 1. The van der Waals surface area contributed by atoms with Crippen LogP contribution in [0.15, 0.2) is 72.8 Å². The highest BCUT2D eigenvalue weighted by atomic mass is 16.5. The molecule has 0 aliphatic rings. The molecule has 0 atom stereocenters. The van der Waals surface area contributed by atoms with E-state index in [0.29, 0.717) is 22.7 Å². The van der Waals surface area contributed by atoms with E-state index in [-0.39, 0.29) is 24.0 Å². The van der Waals surface area contributed by atoms with Crippen molar-refractivity contribution in [3.8, 4) is 17.2 Å². The highest BCUT2D eigenvalue weighted by Crippen LogP contribution is 2.28. The van der Waals surface area contributed by atoms with Gasteiger partial charge in [0.2, 0.25) is 0 Å². The molecule has 0 saturated heterocycles. The number of amides is 1. The normalized spacial score (nSPS) is 10.6. The lowest BCUT2D eigenvalue weighted by Crippen LogP contribution is -2.20. The van der Waals surface area contributed by atoms with Gasteiger partial charge < -0.3 is 19.9 Å². The summed E-state index contributed by atoms with van der Waals surface area (Å²) in [6.45, 7) is 1.80. The van der Waals surface area contributed by atoms with Crippen molar-refractivity contribution < 1.29 is 24.2 Å². The zero-order valence-electron chi connectivity index (χ0n) is 17.3. The highest BCUT2D eigenvalue weighted by molar-refractivity contribution is 6.07. The molecule has 0 heterocycles. The molecule has 2 N–H and O–H groups in total. The third-order valence-corrected chi connectivity index (χ3v) is 4.44. The summed E-state index contributed by atoms with van der Waals surface area (Å²) in [6.07, 6.45) is 3.06. The molecule has 31 heavy (non-hydrogen) atoms. The van der Waals surface area contributed by atoms with Crippen LogP contribution in [0.25, 0.3) is 6.08 Å². The lowest BCUT2D eigenvalue weighted by Gasteiger charge is -2.11. The van der Waals surface area contributed by atoms with Crippen molar-refractivity contribution in [1.29, 1.82) is 0 Å². The van der Waals surface area contributed by atoms with Crippen LogP contribution in [-0.4, -0.2) is 30.5 Å². The van der Waals surface area contributed by atoms with Crippen LogP contribution in [0.1, 0.15) is 21.5 Å². The molecule has 1 amide bonds. The van der Waals surface area contributed by atoms with Crippen molar-refractivity contribution in [2.45, 2.75) is 6.92 Å². The molecule has 0 saturated carbocycles. The lowest BCUT2D eigenvalue weighted by molar-refractivity contribution is -0.118. The molecule has 0 spiro atoms. The van der Waals surface area contributed by atoms with Gasteiger partial charge in [0.1, 0.15) is 5.75 Å². The van der Waals surface area contributed by atoms with E-state index in [1.165, 1.54) is 25.3 Å². The van der Waals surface area contributed by atoms with Gasteiger partial charge in [-0.2, -0.15) is 0 Å². The number of carbonyl (C=O) groups is 2. The van der Waals surface area contributed by atoms with E-state index >= 15 is 0 Å². The summed E-state index contributed by atoms with van der Waals surface area (Å²) in [7, 11) is 1.50. The number of hydrogen-bond acceptors (Lipinski definition) is 5. The van der Waals surface area contributed by atoms with Crippen LogP contribution in [0.3, 0.4) is 0 Å². The van der Waals surface area contributed by atoms with Gasteiger partial charge in [0.05, 0.1) is 7.11 Å². The Morgan fingerprint density at radius 3 is 2.48 bits per heavy atom. The van der Waals surface area contributed by atoms with Gasteiger partial charge in [0, 0.05) is 11.3 Å². The van der Waals surface area contributed by atoms with E-state index < -0.39 is 0 Å². The fourth-order valence-electron chi connectivity index (χ4n) is 2.81. The fourth-order valence-corrected chi connectivity index (χ4v) is 2.81. The standard InChI is InChI=1S/C25H23NO5/c1-17-6-10-20(11-7-17)26-25(29)16-31-23-13-9-18(14-24(23)30-2)8-12-22(28)19-4-3-5-21(27)15-19/h3-15,27H,16H2,1-2H3,(H,26,29)/b12-8+. The molecule has 6 nitrogen and oxygen atoms in total. The van der Waals surface area contributed by atoms with Crippen LogP contribution in [0.2, 0.25) is 0 Å². The number of phenolic OH excluding ortho intramolecular Hbond substituents is 1. The largest absolute Gasteiger partial charge is 0.508 e. The molecule has 0 bridgehead atoms. The Bertz CT molecular complexity index is 1100. The summed E-state index contributed by atoms with van der Waals surface area (Å²) in [5.74, 6) is 0.372. The summed E-state index contributed by atoms with van der Waals surface area (Å²) in [5.41, 5.74) is 2.92. The topological polar surface area (TPSA) is 84.9 Å². The number of allylic oxidation sites excluding steroid dienone is 1. The minimum absolute atomic E-state index is 0.0360. The molecular weight excluding hydrogens is 394 g/mol. The first-order valence-electron chi connectivity index (χ1n) is 9.63. The molecule has 0 aliphatic carbocycles. The average molecular weight is 417 g/mol. The van der Waals surface area contributed by atoms with Crippen molar-refractivity contribution in [2.75, 3.05) is 19.0 Å². The van der Waals surface area contributed by atoms with Crippen LogP contribution < -0.4 is 14.8 Å². The maximum absolute atomic E-state index is 12.2. The number of methoxy groups -OCH3 is 1. The molecule has 3 aromatic rings. The molecular formula is C25H23NO5.